The van der Waals surface area contributed by atoms with Crippen molar-refractivity contribution in [3.8, 4) is 0 Å². The van der Waals surface area contributed by atoms with E-state index in [1.807, 2.05) is 19.1 Å². The molecule has 0 saturated carbocycles. The number of hydrogen-bond donors (Lipinski definition) is 1. The van der Waals surface area contributed by atoms with Gasteiger partial charge >= 0.3 is 0 Å². The highest BCUT2D eigenvalue weighted by Gasteiger charge is 2.50. The minimum absolute atomic E-state index is 0.000336. The van der Waals surface area contributed by atoms with Crippen molar-refractivity contribution in [2.45, 2.75) is 23.8 Å². The van der Waals surface area contributed by atoms with Gasteiger partial charge in [-0.25, -0.2) is 0 Å². The van der Waals surface area contributed by atoms with Crippen LogP contribution in [0.3, 0.4) is 0 Å². The lowest BCUT2D eigenvalue weighted by Gasteiger charge is -2.35. The van der Waals surface area contributed by atoms with Crippen LogP contribution in [0.25, 0.3) is 0 Å². The van der Waals surface area contributed by atoms with E-state index in [4.69, 9.17) is 0 Å². The molecule has 1 unspecified atom stereocenters. The summed E-state index contributed by atoms with van der Waals surface area (Å²) in [5.74, 6) is -0.000336. The molecule has 1 aromatic carbocycles. The first-order valence-electron chi connectivity index (χ1n) is 7.82. The van der Waals surface area contributed by atoms with Crippen LogP contribution in [0.4, 0.5) is 5.69 Å². The fourth-order valence-corrected chi connectivity index (χ4v) is 4.48. The summed E-state index contributed by atoms with van der Waals surface area (Å²) in [5, 5.41) is 4.21. The van der Waals surface area contributed by atoms with Gasteiger partial charge in [0.15, 0.2) is 5.17 Å². The van der Waals surface area contributed by atoms with Gasteiger partial charge in [-0.2, -0.15) is 4.99 Å². The van der Waals surface area contributed by atoms with E-state index in [1.54, 1.807) is 11.8 Å². The molecule has 6 heteroatoms. The number of thioether (sulfide) groups is 1. The maximum Gasteiger partial charge on any atom is 0.274 e. The van der Waals surface area contributed by atoms with Gasteiger partial charge in [0.05, 0.1) is 5.69 Å². The number of para-hydroxylation sites is 1. The van der Waals surface area contributed by atoms with Crippen molar-refractivity contribution in [3.05, 3.63) is 24.3 Å². The Balaban J connectivity index is 1.56. The zero-order valence-electron chi connectivity index (χ0n) is 12.7. The third-order valence-electron chi connectivity index (χ3n) is 4.77. The number of fused-ring (bicyclic) bond motifs is 3. The van der Waals surface area contributed by atoms with Crippen LogP contribution in [0.15, 0.2) is 34.2 Å². The summed E-state index contributed by atoms with van der Waals surface area (Å²) >= 11 is 1.61. The van der Waals surface area contributed by atoms with Gasteiger partial charge in [-0.15, -0.1) is 0 Å². The number of amides is 1. The lowest BCUT2D eigenvalue weighted by molar-refractivity contribution is -0.121. The molecule has 3 aliphatic heterocycles. The molecular formula is C16H20N4OS. The van der Waals surface area contributed by atoms with Crippen molar-refractivity contribution in [1.29, 1.82) is 0 Å². The largest absolute Gasteiger partial charge is 0.314 e. The summed E-state index contributed by atoms with van der Waals surface area (Å²) in [7, 11) is 0. The summed E-state index contributed by atoms with van der Waals surface area (Å²) in [6.07, 6.45) is 0.813. The normalized spacial score (nSPS) is 27.8. The molecule has 1 N–H and O–H groups in total. The van der Waals surface area contributed by atoms with Crippen LogP contribution in [0.1, 0.15) is 13.3 Å². The molecule has 0 bridgehead atoms. The molecule has 5 nitrogen and oxygen atoms in total. The fourth-order valence-electron chi connectivity index (χ4n) is 3.36. The molecule has 0 radical (unpaired) electrons. The molecule has 1 fully saturated rings. The van der Waals surface area contributed by atoms with Crippen molar-refractivity contribution in [2.24, 2.45) is 4.99 Å². The number of hydrogen-bond acceptors (Lipinski definition) is 5. The van der Waals surface area contributed by atoms with Crippen molar-refractivity contribution in [3.63, 3.8) is 0 Å². The summed E-state index contributed by atoms with van der Waals surface area (Å²) in [6, 6.07) is 8.25. The Morgan fingerprint density at radius 3 is 2.91 bits per heavy atom. The zero-order chi connectivity index (χ0) is 15.2. The number of rotatable bonds is 3. The molecule has 4 rings (SSSR count). The average Bonchev–Trinajstić information content (AvgIpc) is 3.02. The van der Waals surface area contributed by atoms with Gasteiger partial charge in [-0.3, -0.25) is 4.79 Å². The summed E-state index contributed by atoms with van der Waals surface area (Å²) < 4.78 is 0. The molecule has 22 heavy (non-hydrogen) atoms. The van der Waals surface area contributed by atoms with Crippen LogP contribution in [0, 0.1) is 0 Å². The predicted molar refractivity (Wildman–Crippen MR) is 89.6 cm³/mol. The monoisotopic (exact) mass is 316 g/mol. The summed E-state index contributed by atoms with van der Waals surface area (Å²) in [6.45, 7) is 7.17. The summed E-state index contributed by atoms with van der Waals surface area (Å²) in [5.41, 5.74) is 0.583. The molecule has 116 valence electrons. The Morgan fingerprint density at radius 2 is 2.09 bits per heavy atom. The SMILES string of the molecule is CC1(CCN2CCNCC2)C(=O)N=C2Sc3ccccc3N21. The Morgan fingerprint density at radius 1 is 1.32 bits per heavy atom. The maximum atomic E-state index is 12.5. The highest BCUT2D eigenvalue weighted by molar-refractivity contribution is 8.14. The van der Waals surface area contributed by atoms with Crippen LogP contribution >= 0.6 is 11.8 Å². The second-order valence-electron chi connectivity index (χ2n) is 6.22. The minimum Gasteiger partial charge on any atom is -0.314 e. The van der Waals surface area contributed by atoms with Crippen molar-refractivity contribution < 1.29 is 4.79 Å². The van der Waals surface area contributed by atoms with Gasteiger partial charge < -0.3 is 15.1 Å². The Labute approximate surface area is 134 Å². The van der Waals surface area contributed by atoms with Crippen LogP contribution < -0.4 is 10.2 Å². The van der Waals surface area contributed by atoms with Gasteiger partial charge in [0, 0.05) is 37.6 Å². The lowest BCUT2D eigenvalue weighted by Crippen LogP contribution is -2.51. The molecule has 1 saturated heterocycles. The van der Waals surface area contributed by atoms with Crippen molar-refractivity contribution in [1.82, 2.24) is 10.2 Å². The maximum absolute atomic E-state index is 12.5. The molecule has 0 spiro atoms. The average molecular weight is 316 g/mol. The van der Waals surface area contributed by atoms with E-state index in [0.29, 0.717) is 0 Å². The molecule has 0 aliphatic carbocycles. The van der Waals surface area contributed by atoms with Gasteiger partial charge in [0.2, 0.25) is 0 Å². The van der Waals surface area contributed by atoms with Crippen LogP contribution in [-0.4, -0.2) is 54.2 Å². The van der Waals surface area contributed by atoms with E-state index in [2.05, 4.69) is 32.2 Å². The first kappa shape index (κ1) is 14.2. The fraction of sp³-hybridized carbons (Fsp3) is 0.500. The molecule has 1 amide bonds. The van der Waals surface area contributed by atoms with E-state index in [-0.39, 0.29) is 5.91 Å². The smallest absolute Gasteiger partial charge is 0.274 e. The van der Waals surface area contributed by atoms with Crippen molar-refractivity contribution >= 4 is 28.5 Å². The van der Waals surface area contributed by atoms with E-state index < -0.39 is 5.54 Å². The number of carbonyl (C=O) groups is 1. The van der Waals surface area contributed by atoms with Crippen LogP contribution in [0.2, 0.25) is 0 Å². The third-order valence-corrected chi connectivity index (χ3v) is 5.80. The number of nitrogens with one attached hydrogen (secondary N) is 1. The predicted octanol–water partition coefficient (Wildman–Crippen LogP) is 1.55. The highest BCUT2D eigenvalue weighted by Crippen LogP contribution is 2.48. The van der Waals surface area contributed by atoms with Crippen LogP contribution in [-0.2, 0) is 4.79 Å². The zero-order valence-corrected chi connectivity index (χ0v) is 13.5. The topological polar surface area (TPSA) is 47.9 Å². The number of aliphatic imine (C=N–C) groups is 1. The van der Waals surface area contributed by atoms with Gasteiger partial charge in [-0.05, 0) is 37.2 Å². The Hall–Kier alpha value is -1.37. The molecule has 3 aliphatic rings. The standard InChI is InChI=1S/C16H20N4OS/c1-16(6-9-19-10-7-17-8-11-19)14(21)18-15-20(16)12-4-2-3-5-13(12)22-15/h2-5,17H,6-11H2,1H3. The first-order valence-corrected chi connectivity index (χ1v) is 8.63. The van der Waals surface area contributed by atoms with E-state index in [1.165, 1.54) is 4.90 Å². The van der Waals surface area contributed by atoms with Gasteiger partial charge in [0.25, 0.3) is 5.91 Å². The number of amidine groups is 1. The van der Waals surface area contributed by atoms with E-state index in [0.717, 1.165) is 50.0 Å². The Bertz CT molecular complexity index is 641. The molecule has 3 heterocycles. The van der Waals surface area contributed by atoms with Crippen molar-refractivity contribution in [2.75, 3.05) is 37.6 Å². The molecule has 0 aromatic heterocycles. The number of benzene rings is 1. The van der Waals surface area contributed by atoms with Gasteiger partial charge in [0.1, 0.15) is 5.54 Å². The second kappa shape index (κ2) is 5.37. The third kappa shape index (κ3) is 2.17. The lowest BCUT2D eigenvalue weighted by atomic mass is 9.94. The molecular weight excluding hydrogens is 296 g/mol. The number of nitrogens with zero attached hydrogens (tertiary/aromatic N) is 3. The number of carbonyl (C=O) groups excluding carboxylic acids is 1. The van der Waals surface area contributed by atoms with E-state index >= 15 is 0 Å². The van der Waals surface area contributed by atoms with E-state index in [9.17, 15) is 4.79 Å². The molecule has 1 atom stereocenters. The van der Waals surface area contributed by atoms with Crippen LogP contribution in [0.5, 0.6) is 0 Å². The molecule has 1 aromatic rings. The summed E-state index contributed by atoms with van der Waals surface area (Å²) in [4.78, 5) is 22.6. The quantitative estimate of drug-likeness (QED) is 0.917. The second-order valence-corrected chi connectivity index (χ2v) is 7.23. The highest BCUT2D eigenvalue weighted by atomic mass is 32.2. The Kier molecular flexibility index (Phi) is 3.47. The van der Waals surface area contributed by atoms with Gasteiger partial charge in [-0.1, -0.05) is 12.1 Å². The first-order chi connectivity index (χ1) is 10.7. The minimum atomic E-state index is -0.542. The number of piperazine rings is 1. The number of anilines is 1.